The van der Waals surface area contributed by atoms with Crippen molar-refractivity contribution < 1.29 is 17.9 Å². The first-order valence-corrected chi connectivity index (χ1v) is 11.0. The molecule has 30 heavy (non-hydrogen) atoms. The van der Waals surface area contributed by atoms with Gasteiger partial charge in [0.15, 0.2) is 0 Å². The number of rotatable bonds is 9. The predicted octanol–water partition coefficient (Wildman–Crippen LogP) is 2.50. The van der Waals surface area contributed by atoms with Crippen LogP contribution in [0.5, 0.6) is 0 Å². The summed E-state index contributed by atoms with van der Waals surface area (Å²) in [5.74, 6) is -0.378. The number of nitrogens with one attached hydrogen (secondary N) is 1. The number of aryl methyl sites for hydroxylation is 1. The van der Waals surface area contributed by atoms with Crippen molar-refractivity contribution in [3.8, 4) is 0 Å². The lowest BCUT2D eigenvalue weighted by molar-refractivity contribution is -0.121. The van der Waals surface area contributed by atoms with E-state index in [2.05, 4.69) is 10.3 Å². The average molecular weight is 428 g/mol. The molecule has 3 rings (SSSR count). The van der Waals surface area contributed by atoms with Gasteiger partial charge < -0.3 is 10.1 Å². The van der Waals surface area contributed by atoms with Crippen LogP contribution in [-0.2, 0) is 26.1 Å². The van der Waals surface area contributed by atoms with E-state index in [0.29, 0.717) is 17.3 Å². The van der Waals surface area contributed by atoms with E-state index in [0.717, 1.165) is 15.4 Å². The first-order valence-electron chi connectivity index (χ1n) is 9.56. The number of ether oxygens (including phenoxy) is 1. The van der Waals surface area contributed by atoms with Crippen LogP contribution in [0.2, 0.25) is 0 Å². The number of methoxy groups -OCH3 is 1. The summed E-state index contributed by atoms with van der Waals surface area (Å²) >= 11 is 0. The first-order chi connectivity index (χ1) is 14.4. The van der Waals surface area contributed by atoms with Crippen LogP contribution in [0.4, 0.5) is 0 Å². The van der Waals surface area contributed by atoms with Crippen LogP contribution in [0.15, 0.2) is 65.8 Å². The van der Waals surface area contributed by atoms with Crippen molar-refractivity contribution in [1.82, 2.24) is 14.6 Å². The highest BCUT2D eigenvalue weighted by atomic mass is 32.2. The van der Waals surface area contributed by atoms with Gasteiger partial charge in [-0.15, -0.1) is 0 Å². The fourth-order valence-corrected chi connectivity index (χ4v) is 4.65. The summed E-state index contributed by atoms with van der Waals surface area (Å²) < 4.78 is 33.0. The van der Waals surface area contributed by atoms with E-state index in [-0.39, 0.29) is 30.5 Å². The molecule has 0 radical (unpaired) electrons. The summed E-state index contributed by atoms with van der Waals surface area (Å²) in [6, 6.07) is 14.5. The minimum Gasteiger partial charge on any atom is -0.383 e. The summed E-state index contributed by atoms with van der Waals surface area (Å²) in [7, 11) is -2.43. The molecule has 0 spiro atoms. The Bertz CT molecular complexity index is 1110. The van der Waals surface area contributed by atoms with Crippen molar-refractivity contribution in [3.63, 3.8) is 0 Å². The van der Waals surface area contributed by atoms with Crippen molar-refractivity contribution >= 4 is 26.7 Å². The standard InChI is InChI=1S/C22H25N3O4S/c1-17-6-8-18(9-7-17)14-24-22(26)16-25(12-13-29-2)30(27,28)21-5-3-4-19-15-23-11-10-20(19)21/h3-11,15H,12-14,16H2,1-2H3,(H,24,26). The predicted molar refractivity (Wildman–Crippen MR) is 115 cm³/mol. The van der Waals surface area contributed by atoms with Crippen LogP contribution >= 0.6 is 0 Å². The molecule has 3 aromatic rings. The molecule has 0 fully saturated rings. The Morgan fingerprint density at radius 1 is 1.13 bits per heavy atom. The third-order valence-electron chi connectivity index (χ3n) is 4.73. The van der Waals surface area contributed by atoms with Gasteiger partial charge in [0.25, 0.3) is 0 Å². The van der Waals surface area contributed by atoms with Crippen LogP contribution in [0.1, 0.15) is 11.1 Å². The lowest BCUT2D eigenvalue weighted by atomic mass is 10.1. The molecular formula is C22H25N3O4S. The van der Waals surface area contributed by atoms with Crippen LogP contribution in [-0.4, -0.2) is 50.4 Å². The number of sulfonamides is 1. The largest absolute Gasteiger partial charge is 0.383 e. The molecule has 0 saturated heterocycles. The summed E-state index contributed by atoms with van der Waals surface area (Å²) in [5, 5.41) is 4.07. The summed E-state index contributed by atoms with van der Waals surface area (Å²) in [5.41, 5.74) is 2.08. The van der Waals surface area contributed by atoms with Gasteiger partial charge in [-0.05, 0) is 24.6 Å². The van der Waals surface area contributed by atoms with Gasteiger partial charge in [0.1, 0.15) is 0 Å². The maximum atomic E-state index is 13.4. The number of benzene rings is 2. The van der Waals surface area contributed by atoms with E-state index >= 15 is 0 Å². The normalized spacial score (nSPS) is 11.7. The van der Waals surface area contributed by atoms with Gasteiger partial charge in [-0.3, -0.25) is 9.78 Å². The summed E-state index contributed by atoms with van der Waals surface area (Å²) in [4.78, 5) is 16.7. The number of pyridine rings is 1. The van der Waals surface area contributed by atoms with Gasteiger partial charge >= 0.3 is 0 Å². The molecule has 1 N–H and O–H groups in total. The van der Waals surface area contributed by atoms with Gasteiger partial charge in [0.05, 0.1) is 18.0 Å². The molecule has 8 heteroatoms. The van der Waals surface area contributed by atoms with Crippen molar-refractivity contribution in [3.05, 3.63) is 72.1 Å². The quantitative estimate of drug-likeness (QED) is 0.567. The van der Waals surface area contributed by atoms with Crippen molar-refractivity contribution in [1.29, 1.82) is 0 Å². The van der Waals surface area contributed by atoms with Gasteiger partial charge in [-0.25, -0.2) is 8.42 Å². The maximum Gasteiger partial charge on any atom is 0.244 e. The van der Waals surface area contributed by atoms with Gasteiger partial charge in [-0.2, -0.15) is 4.31 Å². The minimum atomic E-state index is -3.92. The van der Waals surface area contributed by atoms with E-state index in [1.54, 1.807) is 36.7 Å². The van der Waals surface area contributed by atoms with Gasteiger partial charge in [0.2, 0.25) is 15.9 Å². The van der Waals surface area contributed by atoms with Gasteiger partial charge in [0, 0.05) is 43.4 Å². The fraction of sp³-hybridized carbons (Fsp3) is 0.273. The number of fused-ring (bicyclic) bond motifs is 1. The first kappa shape index (κ1) is 21.9. The molecule has 0 atom stereocenters. The second-order valence-electron chi connectivity index (χ2n) is 6.95. The molecule has 0 aliphatic heterocycles. The van der Waals surface area contributed by atoms with Crippen LogP contribution < -0.4 is 5.32 Å². The lowest BCUT2D eigenvalue weighted by Gasteiger charge is -2.22. The molecule has 1 heterocycles. The molecule has 0 aliphatic carbocycles. The third kappa shape index (κ3) is 5.21. The van der Waals surface area contributed by atoms with E-state index in [1.807, 2.05) is 31.2 Å². The fourth-order valence-electron chi connectivity index (χ4n) is 3.06. The topological polar surface area (TPSA) is 88.6 Å². The van der Waals surface area contributed by atoms with Crippen LogP contribution in [0, 0.1) is 6.92 Å². The highest BCUT2D eigenvalue weighted by molar-refractivity contribution is 7.89. The molecule has 0 bridgehead atoms. The number of hydrogen-bond acceptors (Lipinski definition) is 5. The molecular weight excluding hydrogens is 402 g/mol. The number of carbonyl (C=O) groups is 1. The number of amides is 1. The molecule has 0 saturated carbocycles. The lowest BCUT2D eigenvalue weighted by Crippen LogP contribution is -2.42. The zero-order valence-electron chi connectivity index (χ0n) is 17.0. The Hall–Kier alpha value is -2.81. The number of aromatic nitrogens is 1. The highest BCUT2D eigenvalue weighted by Crippen LogP contribution is 2.25. The number of hydrogen-bond donors (Lipinski definition) is 1. The molecule has 0 aliphatic rings. The number of nitrogens with zero attached hydrogens (tertiary/aromatic N) is 2. The molecule has 1 amide bonds. The van der Waals surface area contributed by atoms with E-state index < -0.39 is 10.0 Å². The SMILES string of the molecule is COCCN(CC(=O)NCc1ccc(C)cc1)S(=O)(=O)c1cccc2cnccc12. The zero-order valence-corrected chi connectivity index (χ0v) is 17.9. The Kier molecular flexibility index (Phi) is 7.15. The Balaban J connectivity index is 1.80. The molecule has 7 nitrogen and oxygen atoms in total. The van der Waals surface area contributed by atoms with Crippen LogP contribution in [0.25, 0.3) is 10.8 Å². The highest BCUT2D eigenvalue weighted by Gasteiger charge is 2.28. The van der Waals surface area contributed by atoms with Gasteiger partial charge in [-0.1, -0.05) is 42.0 Å². The van der Waals surface area contributed by atoms with E-state index in [9.17, 15) is 13.2 Å². The summed E-state index contributed by atoms with van der Waals surface area (Å²) in [6.07, 6.45) is 3.16. The van der Waals surface area contributed by atoms with Crippen LogP contribution in [0.3, 0.4) is 0 Å². The maximum absolute atomic E-state index is 13.4. The third-order valence-corrected chi connectivity index (χ3v) is 6.64. The molecule has 158 valence electrons. The average Bonchev–Trinajstić information content (AvgIpc) is 2.75. The van der Waals surface area contributed by atoms with Crippen molar-refractivity contribution in [2.75, 3.05) is 26.8 Å². The Morgan fingerprint density at radius 2 is 1.90 bits per heavy atom. The Labute approximate surface area is 176 Å². The molecule has 0 unspecified atom stereocenters. The zero-order chi connectivity index (χ0) is 21.6. The minimum absolute atomic E-state index is 0.0677. The summed E-state index contributed by atoms with van der Waals surface area (Å²) in [6.45, 7) is 2.27. The number of carbonyl (C=O) groups excluding carboxylic acids is 1. The van der Waals surface area contributed by atoms with E-state index in [1.165, 1.54) is 7.11 Å². The van der Waals surface area contributed by atoms with Crippen molar-refractivity contribution in [2.45, 2.75) is 18.4 Å². The molecule has 2 aromatic carbocycles. The molecule has 1 aromatic heterocycles. The van der Waals surface area contributed by atoms with Crippen molar-refractivity contribution in [2.24, 2.45) is 0 Å². The van der Waals surface area contributed by atoms with E-state index in [4.69, 9.17) is 4.74 Å². The Morgan fingerprint density at radius 3 is 2.63 bits per heavy atom. The smallest absolute Gasteiger partial charge is 0.244 e. The monoisotopic (exact) mass is 427 g/mol. The second-order valence-corrected chi connectivity index (χ2v) is 8.85. The second kappa shape index (κ2) is 9.80.